The van der Waals surface area contributed by atoms with Gasteiger partial charge in [0.1, 0.15) is 5.34 Å². The molecule has 4 heteroatoms. The van der Waals surface area contributed by atoms with E-state index in [0.717, 1.165) is 0 Å². The SMILES string of the molecule is CC1(C)C[C@@](C)(O)[P@](C)(=O)O1. The van der Waals surface area contributed by atoms with Crippen molar-refractivity contribution >= 4 is 7.37 Å². The van der Waals surface area contributed by atoms with E-state index in [4.69, 9.17) is 4.52 Å². The average Bonchev–Trinajstić information content (AvgIpc) is 1.66. The minimum Gasteiger partial charge on any atom is -0.380 e. The summed E-state index contributed by atoms with van der Waals surface area (Å²) < 4.78 is 16.9. The Hall–Kier alpha value is 0.150. The van der Waals surface area contributed by atoms with Crippen molar-refractivity contribution < 1.29 is 14.2 Å². The zero-order valence-corrected chi connectivity index (χ0v) is 8.31. The summed E-state index contributed by atoms with van der Waals surface area (Å²) in [5, 5.41) is 8.53. The van der Waals surface area contributed by atoms with Crippen LogP contribution in [0.5, 0.6) is 0 Å². The smallest absolute Gasteiger partial charge is 0.231 e. The zero-order valence-electron chi connectivity index (χ0n) is 7.42. The molecule has 1 rings (SSSR count). The molecule has 1 fully saturated rings. The summed E-state index contributed by atoms with van der Waals surface area (Å²) in [5.74, 6) is 0. The topological polar surface area (TPSA) is 46.5 Å². The van der Waals surface area contributed by atoms with Crippen molar-refractivity contribution in [1.29, 1.82) is 0 Å². The number of aliphatic hydroxyl groups is 1. The Balaban J connectivity index is 2.99. The van der Waals surface area contributed by atoms with Gasteiger partial charge in [-0.3, -0.25) is 4.57 Å². The molecular formula is C7H15O3P. The Morgan fingerprint density at radius 3 is 2.00 bits per heavy atom. The molecule has 0 amide bonds. The third-order valence-corrected chi connectivity index (χ3v) is 4.81. The van der Waals surface area contributed by atoms with Gasteiger partial charge in [0.2, 0.25) is 7.37 Å². The maximum atomic E-state index is 11.6. The Morgan fingerprint density at radius 1 is 1.45 bits per heavy atom. The molecule has 0 unspecified atom stereocenters. The Labute approximate surface area is 67.2 Å². The molecule has 0 bridgehead atoms. The highest BCUT2D eigenvalue weighted by Crippen LogP contribution is 2.65. The predicted octanol–water partition coefficient (Wildman–Crippen LogP) is 1.80. The number of rotatable bonds is 0. The standard InChI is InChI=1S/C7H15O3P/c1-6(2)5-7(3,8)11(4,9)10-6/h8H,5H2,1-4H3/t7-,11+/m0/s1. The molecule has 1 saturated heterocycles. The van der Waals surface area contributed by atoms with E-state index in [1.165, 1.54) is 6.66 Å². The number of hydrogen-bond donors (Lipinski definition) is 1. The first kappa shape index (κ1) is 9.24. The summed E-state index contributed by atoms with van der Waals surface area (Å²) in [4.78, 5) is 0. The van der Waals surface area contributed by atoms with Gasteiger partial charge in [0.15, 0.2) is 0 Å². The van der Waals surface area contributed by atoms with Crippen LogP contribution >= 0.6 is 7.37 Å². The summed E-state index contributed by atoms with van der Waals surface area (Å²) in [6.07, 6.45) is 0.438. The fourth-order valence-electron chi connectivity index (χ4n) is 1.55. The van der Waals surface area contributed by atoms with Crippen LogP contribution in [-0.4, -0.2) is 22.7 Å². The molecule has 2 atom stereocenters. The van der Waals surface area contributed by atoms with E-state index in [9.17, 15) is 9.67 Å². The molecule has 0 aromatic carbocycles. The molecule has 11 heavy (non-hydrogen) atoms. The molecule has 0 saturated carbocycles. The van der Waals surface area contributed by atoms with E-state index < -0.39 is 18.3 Å². The third-order valence-electron chi connectivity index (χ3n) is 2.06. The third kappa shape index (κ3) is 1.51. The van der Waals surface area contributed by atoms with Gasteiger partial charge >= 0.3 is 0 Å². The molecule has 0 aliphatic carbocycles. The van der Waals surface area contributed by atoms with E-state index in [0.29, 0.717) is 6.42 Å². The Bertz CT molecular complexity index is 220. The van der Waals surface area contributed by atoms with Crippen molar-refractivity contribution in [1.82, 2.24) is 0 Å². The quantitative estimate of drug-likeness (QED) is 0.575. The van der Waals surface area contributed by atoms with Gasteiger partial charge in [0.05, 0.1) is 5.60 Å². The highest BCUT2D eigenvalue weighted by atomic mass is 31.2. The van der Waals surface area contributed by atoms with Gasteiger partial charge in [-0.05, 0) is 20.8 Å². The van der Waals surface area contributed by atoms with Gasteiger partial charge in [0, 0.05) is 13.1 Å². The van der Waals surface area contributed by atoms with Gasteiger partial charge in [-0.1, -0.05) is 0 Å². The van der Waals surface area contributed by atoms with Gasteiger partial charge in [-0.2, -0.15) is 0 Å². The van der Waals surface area contributed by atoms with Gasteiger partial charge < -0.3 is 9.63 Å². The van der Waals surface area contributed by atoms with E-state index in [2.05, 4.69) is 0 Å². The second kappa shape index (κ2) is 2.09. The van der Waals surface area contributed by atoms with Crippen LogP contribution in [-0.2, 0) is 9.09 Å². The monoisotopic (exact) mass is 178 g/mol. The van der Waals surface area contributed by atoms with Crippen LogP contribution < -0.4 is 0 Å². The van der Waals surface area contributed by atoms with Crippen LogP contribution in [0.4, 0.5) is 0 Å². The first-order valence-electron chi connectivity index (χ1n) is 3.67. The first-order valence-corrected chi connectivity index (χ1v) is 5.74. The van der Waals surface area contributed by atoms with E-state index in [1.54, 1.807) is 6.92 Å². The van der Waals surface area contributed by atoms with E-state index in [1.807, 2.05) is 13.8 Å². The van der Waals surface area contributed by atoms with Gasteiger partial charge in [-0.15, -0.1) is 0 Å². The second-order valence-corrected chi connectivity index (χ2v) is 6.93. The van der Waals surface area contributed by atoms with Crippen molar-refractivity contribution in [2.45, 2.75) is 38.1 Å². The normalized spacial score (nSPS) is 49.5. The summed E-state index contributed by atoms with van der Waals surface area (Å²) in [5.41, 5.74) is -0.451. The molecular weight excluding hydrogens is 163 g/mol. The van der Waals surface area contributed by atoms with Crippen LogP contribution in [0.2, 0.25) is 0 Å². The molecule has 0 aromatic heterocycles. The van der Waals surface area contributed by atoms with Crippen molar-refractivity contribution in [2.75, 3.05) is 6.66 Å². The number of hydrogen-bond acceptors (Lipinski definition) is 3. The van der Waals surface area contributed by atoms with Crippen LogP contribution in [0.15, 0.2) is 0 Å². The molecule has 1 heterocycles. The molecule has 3 nitrogen and oxygen atoms in total. The summed E-state index contributed by atoms with van der Waals surface area (Å²) in [6, 6.07) is 0. The fraction of sp³-hybridized carbons (Fsp3) is 1.00. The van der Waals surface area contributed by atoms with Gasteiger partial charge in [0.25, 0.3) is 0 Å². The van der Waals surface area contributed by atoms with Crippen LogP contribution in [0, 0.1) is 0 Å². The zero-order chi connectivity index (χ0) is 8.91. The Morgan fingerprint density at radius 2 is 1.91 bits per heavy atom. The molecule has 1 N–H and O–H groups in total. The highest BCUT2D eigenvalue weighted by Gasteiger charge is 2.53. The fourth-order valence-corrected chi connectivity index (χ4v) is 3.42. The lowest BCUT2D eigenvalue weighted by molar-refractivity contribution is 0.0932. The molecule has 0 aromatic rings. The Kier molecular flexibility index (Phi) is 1.76. The molecule has 0 radical (unpaired) electrons. The van der Waals surface area contributed by atoms with Crippen LogP contribution in [0.3, 0.4) is 0 Å². The second-order valence-electron chi connectivity index (χ2n) is 4.09. The summed E-state index contributed by atoms with van der Waals surface area (Å²) in [7, 11) is -2.81. The highest BCUT2D eigenvalue weighted by molar-refractivity contribution is 7.59. The van der Waals surface area contributed by atoms with Crippen LogP contribution in [0.25, 0.3) is 0 Å². The van der Waals surface area contributed by atoms with Crippen molar-refractivity contribution in [3.63, 3.8) is 0 Å². The molecule has 66 valence electrons. The molecule has 0 spiro atoms. The minimum absolute atomic E-state index is 0.438. The summed E-state index contributed by atoms with van der Waals surface area (Å²) in [6.45, 7) is 6.74. The predicted molar refractivity (Wildman–Crippen MR) is 43.9 cm³/mol. The average molecular weight is 178 g/mol. The maximum absolute atomic E-state index is 11.6. The van der Waals surface area contributed by atoms with Crippen molar-refractivity contribution in [3.05, 3.63) is 0 Å². The largest absolute Gasteiger partial charge is 0.380 e. The van der Waals surface area contributed by atoms with E-state index in [-0.39, 0.29) is 0 Å². The lowest BCUT2D eigenvalue weighted by atomic mass is 10.0. The molecule has 1 aliphatic heterocycles. The minimum atomic E-state index is -2.81. The lowest BCUT2D eigenvalue weighted by Crippen LogP contribution is -2.24. The lowest BCUT2D eigenvalue weighted by Gasteiger charge is -2.19. The van der Waals surface area contributed by atoms with Crippen LogP contribution in [0.1, 0.15) is 27.2 Å². The molecule has 1 aliphatic rings. The first-order chi connectivity index (χ1) is 4.66. The summed E-state index contributed by atoms with van der Waals surface area (Å²) >= 11 is 0. The van der Waals surface area contributed by atoms with E-state index >= 15 is 0 Å². The maximum Gasteiger partial charge on any atom is 0.231 e. The van der Waals surface area contributed by atoms with Gasteiger partial charge in [-0.25, -0.2) is 0 Å². The van der Waals surface area contributed by atoms with Crippen molar-refractivity contribution in [3.8, 4) is 0 Å². The van der Waals surface area contributed by atoms with Crippen molar-refractivity contribution in [2.24, 2.45) is 0 Å².